The first kappa shape index (κ1) is 21.9. The zero-order valence-corrected chi connectivity index (χ0v) is 19.9. The molecule has 0 saturated carbocycles. The van der Waals surface area contributed by atoms with Gasteiger partial charge in [0.25, 0.3) is 0 Å². The van der Waals surface area contributed by atoms with E-state index in [-0.39, 0.29) is 5.75 Å². The van der Waals surface area contributed by atoms with Gasteiger partial charge in [-0.05, 0) is 74.7 Å². The molecule has 6 rings (SSSR count). The molecule has 4 N–H and O–H groups in total. The van der Waals surface area contributed by atoms with Crippen molar-refractivity contribution in [2.75, 3.05) is 41.7 Å². The molecule has 7 heteroatoms. The van der Waals surface area contributed by atoms with Crippen molar-refractivity contribution < 1.29 is 5.11 Å². The van der Waals surface area contributed by atoms with E-state index in [1.807, 2.05) is 18.2 Å². The van der Waals surface area contributed by atoms with Crippen molar-refractivity contribution in [3.05, 3.63) is 65.7 Å². The Morgan fingerprint density at radius 3 is 2.49 bits per heavy atom. The lowest BCUT2D eigenvalue weighted by Gasteiger charge is -2.43. The maximum absolute atomic E-state index is 10.3. The van der Waals surface area contributed by atoms with E-state index in [1.54, 1.807) is 12.1 Å². The van der Waals surface area contributed by atoms with Crippen LogP contribution >= 0.6 is 0 Å². The van der Waals surface area contributed by atoms with Crippen molar-refractivity contribution in [2.24, 2.45) is 0 Å². The molecule has 3 saturated heterocycles. The van der Waals surface area contributed by atoms with Crippen LogP contribution in [0.15, 0.2) is 60.2 Å². The summed E-state index contributed by atoms with van der Waals surface area (Å²) < 4.78 is 0. The Morgan fingerprint density at radius 2 is 1.71 bits per heavy atom. The molecule has 1 aromatic heterocycles. The topological polar surface area (TPSA) is 90.5 Å². The molecule has 0 aliphatic carbocycles. The summed E-state index contributed by atoms with van der Waals surface area (Å²) in [4.78, 5) is 4.98. The minimum atomic E-state index is 0.196. The van der Waals surface area contributed by atoms with Gasteiger partial charge in [-0.25, -0.2) is 0 Å². The predicted molar refractivity (Wildman–Crippen MR) is 142 cm³/mol. The summed E-state index contributed by atoms with van der Waals surface area (Å²) in [6.07, 6.45) is 6.99. The molecular weight excluding hydrogens is 436 g/mol. The number of para-hydroxylation sites is 1. The van der Waals surface area contributed by atoms with Crippen LogP contribution in [0.1, 0.15) is 31.2 Å². The summed E-state index contributed by atoms with van der Waals surface area (Å²) in [6.45, 7) is 3.94. The molecule has 2 bridgehead atoms. The number of nitrogens with zero attached hydrogens (tertiary/aromatic N) is 4. The normalized spacial score (nSPS) is 21.9. The third kappa shape index (κ3) is 4.32. The van der Waals surface area contributed by atoms with E-state index in [0.717, 1.165) is 44.7 Å². The number of rotatable bonds is 4. The summed E-state index contributed by atoms with van der Waals surface area (Å²) in [5.74, 6) is 0.634. The van der Waals surface area contributed by atoms with Gasteiger partial charge in [-0.2, -0.15) is 0 Å². The van der Waals surface area contributed by atoms with Crippen LogP contribution in [0.3, 0.4) is 0 Å². The largest absolute Gasteiger partial charge is 0.507 e. The van der Waals surface area contributed by atoms with Gasteiger partial charge in [0.05, 0.1) is 11.4 Å². The van der Waals surface area contributed by atoms with Crippen LogP contribution in [0.4, 0.5) is 17.2 Å². The van der Waals surface area contributed by atoms with Crippen molar-refractivity contribution in [3.8, 4) is 17.0 Å². The first-order valence-electron chi connectivity index (χ1n) is 12.6. The van der Waals surface area contributed by atoms with Gasteiger partial charge in [-0.15, -0.1) is 10.2 Å². The fraction of sp³-hybridized carbons (Fsp3) is 0.357. The third-order valence-electron chi connectivity index (χ3n) is 7.59. The average molecular weight is 469 g/mol. The highest BCUT2D eigenvalue weighted by Crippen LogP contribution is 2.39. The van der Waals surface area contributed by atoms with Gasteiger partial charge in [0, 0.05) is 36.4 Å². The predicted octanol–water partition coefficient (Wildman–Crippen LogP) is 4.06. The minimum Gasteiger partial charge on any atom is -0.507 e. The molecule has 180 valence electrons. The van der Waals surface area contributed by atoms with Crippen LogP contribution in [0.5, 0.6) is 5.75 Å². The minimum absolute atomic E-state index is 0.196. The fourth-order valence-corrected chi connectivity index (χ4v) is 5.89. The molecule has 2 aromatic carbocycles. The number of nitrogen functional groups attached to an aromatic ring is 1. The third-order valence-corrected chi connectivity index (χ3v) is 7.59. The van der Waals surface area contributed by atoms with Crippen molar-refractivity contribution in [1.29, 1.82) is 0 Å². The van der Waals surface area contributed by atoms with E-state index in [4.69, 9.17) is 5.73 Å². The van der Waals surface area contributed by atoms with Crippen LogP contribution in [0, 0.1) is 0 Å². The number of hydrogen-bond acceptors (Lipinski definition) is 7. The number of piperazine rings is 1. The Morgan fingerprint density at radius 1 is 0.943 bits per heavy atom. The summed E-state index contributed by atoms with van der Waals surface area (Å²) in [6, 6.07) is 19.1. The molecular formula is C28H32N6O. The molecule has 2 unspecified atom stereocenters. The molecule has 3 fully saturated rings. The maximum Gasteiger partial charge on any atom is 0.169 e. The highest BCUT2D eigenvalue weighted by molar-refractivity contribution is 5.74. The van der Waals surface area contributed by atoms with E-state index >= 15 is 0 Å². The van der Waals surface area contributed by atoms with E-state index in [2.05, 4.69) is 55.7 Å². The van der Waals surface area contributed by atoms with Gasteiger partial charge in [-0.3, -0.25) is 0 Å². The summed E-state index contributed by atoms with van der Waals surface area (Å²) in [5, 5.41) is 22.2. The Bertz CT molecular complexity index is 1240. The second kappa shape index (κ2) is 9.23. The first-order valence-corrected chi connectivity index (χ1v) is 12.6. The second-order valence-electron chi connectivity index (χ2n) is 9.86. The molecule has 2 atom stereocenters. The lowest BCUT2D eigenvalue weighted by Crippen LogP contribution is -2.54. The quantitative estimate of drug-likeness (QED) is 0.532. The zero-order valence-electron chi connectivity index (χ0n) is 19.9. The number of phenols is 1. The molecule has 0 spiro atoms. The van der Waals surface area contributed by atoms with Crippen molar-refractivity contribution in [2.45, 2.75) is 37.8 Å². The SMILES string of the molecule is Nc1nnc(-c2ccccc2O)cc1N1CC2CCC(C1)N2c1cccc(C=C2CCNCC2)c1. The van der Waals surface area contributed by atoms with Gasteiger partial charge >= 0.3 is 0 Å². The molecule has 3 aliphatic heterocycles. The van der Waals surface area contributed by atoms with E-state index < -0.39 is 0 Å². The summed E-state index contributed by atoms with van der Waals surface area (Å²) in [7, 11) is 0. The van der Waals surface area contributed by atoms with Gasteiger partial charge < -0.3 is 26.0 Å². The number of fused-ring (bicyclic) bond motifs is 2. The van der Waals surface area contributed by atoms with E-state index in [9.17, 15) is 5.11 Å². The first-order chi connectivity index (χ1) is 17.2. The van der Waals surface area contributed by atoms with Gasteiger partial charge in [0.2, 0.25) is 0 Å². The molecule has 0 radical (unpaired) electrons. The van der Waals surface area contributed by atoms with Gasteiger partial charge in [-0.1, -0.05) is 35.9 Å². The number of anilines is 3. The van der Waals surface area contributed by atoms with Crippen LogP contribution in [-0.2, 0) is 0 Å². The Kier molecular flexibility index (Phi) is 5.78. The highest BCUT2D eigenvalue weighted by atomic mass is 16.3. The smallest absolute Gasteiger partial charge is 0.169 e. The van der Waals surface area contributed by atoms with E-state index in [1.165, 1.54) is 29.7 Å². The van der Waals surface area contributed by atoms with Crippen molar-refractivity contribution in [3.63, 3.8) is 0 Å². The fourth-order valence-electron chi connectivity index (χ4n) is 5.89. The zero-order chi connectivity index (χ0) is 23.8. The maximum atomic E-state index is 10.3. The molecule has 3 aliphatic rings. The lowest BCUT2D eigenvalue weighted by molar-refractivity contribution is 0.477. The van der Waals surface area contributed by atoms with Gasteiger partial charge in [0.1, 0.15) is 5.75 Å². The Labute approximate surface area is 206 Å². The standard InChI is InChI=1S/C28H32N6O/c29-28-26(16-25(31-32-28)24-6-1-2-7-27(24)35)33-17-22-8-9-23(18-33)34(22)21-5-3-4-20(15-21)14-19-10-12-30-13-11-19/h1-7,14-16,22-23,30,35H,8-13,17-18H2,(H2,29,32). The average Bonchev–Trinajstić information content (AvgIpc) is 3.15. The van der Waals surface area contributed by atoms with Crippen LogP contribution in [-0.4, -0.2) is 53.6 Å². The molecule has 4 heterocycles. The number of aromatic nitrogens is 2. The number of aromatic hydroxyl groups is 1. The summed E-state index contributed by atoms with van der Waals surface area (Å²) in [5.41, 5.74) is 12.7. The van der Waals surface area contributed by atoms with Gasteiger partial charge in [0.15, 0.2) is 5.82 Å². The second-order valence-corrected chi connectivity index (χ2v) is 9.86. The number of benzene rings is 2. The molecule has 7 nitrogen and oxygen atoms in total. The number of piperidine rings is 1. The molecule has 3 aromatic rings. The molecule has 0 amide bonds. The number of phenolic OH excluding ortho intramolecular Hbond substituents is 1. The summed E-state index contributed by atoms with van der Waals surface area (Å²) >= 11 is 0. The van der Waals surface area contributed by atoms with Crippen molar-refractivity contribution >= 4 is 23.3 Å². The number of nitrogens with one attached hydrogen (secondary N) is 1. The Balaban J connectivity index is 1.24. The Hall–Kier alpha value is -3.58. The van der Waals surface area contributed by atoms with Crippen LogP contribution in [0.25, 0.3) is 17.3 Å². The highest BCUT2D eigenvalue weighted by Gasteiger charge is 2.40. The molecule has 35 heavy (non-hydrogen) atoms. The monoisotopic (exact) mass is 468 g/mol. The van der Waals surface area contributed by atoms with Crippen molar-refractivity contribution in [1.82, 2.24) is 15.5 Å². The number of nitrogens with two attached hydrogens (primary N) is 1. The lowest BCUT2D eigenvalue weighted by atomic mass is 10.0. The number of hydrogen-bond donors (Lipinski definition) is 3. The van der Waals surface area contributed by atoms with E-state index in [0.29, 0.717) is 29.2 Å². The van der Waals surface area contributed by atoms with Crippen LogP contribution in [0.2, 0.25) is 0 Å². The van der Waals surface area contributed by atoms with Crippen LogP contribution < -0.4 is 20.9 Å².